The number of amides is 1. The van der Waals surface area contributed by atoms with Gasteiger partial charge in [0.25, 0.3) is 11.5 Å². The smallest absolute Gasteiger partial charge is 0.329 e. The molecule has 1 atom stereocenters. The van der Waals surface area contributed by atoms with E-state index in [-0.39, 0.29) is 5.56 Å². The van der Waals surface area contributed by atoms with Crippen LogP contribution < -0.4 is 10.9 Å². The zero-order valence-corrected chi connectivity index (χ0v) is 20.9. The fourth-order valence-corrected chi connectivity index (χ4v) is 3.94. The first-order chi connectivity index (χ1) is 16.7. The number of pyridine rings is 1. The van der Waals surface area contributed by atoms with Crippen molar-refractivity contribution < 1.29 is 14.3 Å². The summed E-state index contributed by atoms with van der Waals surface area (Å²) in [5.74, 6) is -1.09. The van der Waals surface area contributed by atoms with Crippen molar-refractivity contribution in [1.82, 2.24) is 9.88 Å². The third kappa shape index (κ3) is 6.92. The summed E-state index contributed by atoms with van der Waals surface area (Å²) in [5, 5.41) is 2.75. The Morgan fingerprint density at radius 3 is 2.00 bits per heavy atom. The van der Waals surface area contributed by atoms with E-state index in [9.17, 15) is 14.4 Å². The van der Waals surface area contributed by atoms with Crippen LogP contribution in [0.2, 0.25) is 0 Å². The van der Waals surface area contributed by atoms with Crippen LogP contribution in [0.5, 0.6) is 0 Å². The molecule has 1 amide bonds. The van der Waals surface area contributed by atoms with Gasteiger partial charge in [-0.3, -0.25) is 9.59 Å². The summed E-state index contributed by atoms with van der Waals surface area (Å²) in [4.78, 5) is 39.5. The largest absolute Gasteiger partial charge is 0.458 e. The number of hydrogen-bond acceptors (Lipinski definition) is 4. The third-order valence-corrected chi connectivity index (χ3v) is 5.57. The number of rotatable bonds is 9. The molecule has 6 heteroatoms. The minimum absolute atomic E-state index is 0.0191. The Hall–Kier alpha value is -3.67. The van der Waals surface area contributed by atoms with Crippen molar-refractivity contribution in [2.45, 2.75) is 64.6 Å². The normalized spacial score (nSPS) is 12.3. The molecule has 0 saturated carbocycles. The van der Waals surface area contributed by atoms with Gasteiger partial charge in [-0.15, -0.1) is 0 Å². The van der Waals surface area contributed by atoms with Crippen LogP contribution in [0.1, 0.15) is 74.5 Å². The van der Waals surface area contributed by atoms with Crippen molar-refractivity contribution in [2.24, 2.45) is 0 Å². The van der Waals surface area contributed by atoms with Crippen LogP contribution in [-0.4, -0.2) is 28.1 Å². The molecule has 0 aliphatic carbocycles. The number of carbonyl (C=O) groups excluding carboxylic acids is 2. The van der Waals surface area contributed by atoms with Crippen molar-refractivity contribution in [2.75, 3.05) is 0 Å². The van der Waals surface area contributed by atoms with Crippen LogP contribution in [0.3, 0.4) is 0 Å². The maximum atomic E-state index is 13.6. The molecule has 0 unspecified atom stereocenters. The lowest BCUT2D eigenvalue weighted by molar-refractivity contribution is -0.157. The maximum Gasteiger partial charge on any atom is 0.329 e. The molecule has 6 nitrogen and oxygen atoms in total. The number of benzene rings is 2. The Balaban J connectivity index is 1.96. The zero-order chi connectivity index (χ0) is 25.4. The van der Waals surface area contributed by atoms with E-state index >= 15 is 0 Å². The van der Waals surface area contributed by atoms with Gasteiger partial charge in [-0.1, -0.05) is 80.4 Å². The van der Waals surface area contributed by atoms with Crippen LogP contribution in [-0.2, 0) is 9.53 Å². The fourth-order valence-electron chi connectivity index (χ4n) is 3.94. The molecule has 2 aromatic carbocycles. The van der Waals surface area contributed by atoms with Gasteiger partial charge in [-0.2, -0.15) is 0 Å². The molecule has 0 radical (unpaired) electrons. The lowest BCUT2D eigenvalue weighted by atomic mass is 9.98. The Morgan fingerprint density at radius 2 is 1.49 bits per heavy atom. The van der Waals surface area contributed by atoms with Gasteiger partial charge in [-0.05, 0) is 50.5 Å². The van der Waals surface area contributed by atoms with E-state index < -0.39 is 35.1 Å². The quantitative estimate of drug-likeness (QED) is 0.437. The Kier molecular flexibility index (Phi) is 8.63. The first-order valence-corrected chi connectivity index (χ1v) is 12.1. The molecule has 0 aliphatic heterocycles. The van der Waals surface area contributed by atoms with Crippen LogP contribution >= 0.6 is 0 Å². The number of carbonyl (C=O) groups is 2. The van der Waals surface area contributed by atoms with Crippen molar-refractivity contribution in [3.8, 4) is 0 Å². The molecule has 3 aromatic rings. The van der Waals surface area contributed by atoms with E-state index in [4.69, 9.17) is 4.74 Å². The molecule has 0 aliphatic rings. The van der Waals surface area contributed by atoms with Crippen LogP contribution in [0, 0.1) is 0 Å². The molecule has 1 heterocycles. The van der Waals surface area contributed by atoms with Crippen LogP contribution in [0.15, 0.2) is 83.8 Å². The van der Waals surface area contributed by atoms with E-state index in [1.54, 1.807) is 37.6 Å². The molecule has 1 aromatic heterocycles. The monoisotopic (exact) mass is 474 g/mol. The SMILES string of the molecule is CCCC[C@H](NC(=O)c1cccn(C(c2ccccc2)c2ccccc2)c1=O)C(=O)OC(C)(C)C. The molecule has 0 fully saturated rings. The van der Waals surface area contributed by atoms with Gasteiger partial charge >= 0.3 is 5.97 Å². The molecular formula is C29H34N2O4. The molecule has 0 bridgehead atoms. The predicted molar refractivity (Wildman–Crippen MR) is 137 cm³/mol. The lowest BCUT2D eigenvalue weighted by Crippen LogP contribution is -2.46. The highest BCUT2D eigenvalue weighted by atomic mass is 16.6. The van der Waals surface area contributed by atoms with Gasteiger partial charge < -0.3 is 14.6 Å². The van der Waals surface area contributed by atoms with Gasteiger partial charge in [-0.25, -0.2) is 4.79 Å². The van der Waals surface area contributed by atoms with E-state index in [0.29, 0.717) is 6.42 Å². The minimum Gasteiger partial charge on any atom is -0.458 e. The highest BCUT2D eigenvalue weighted by Crippen LogP contribution is 2.25. The lowest BCUT2D eigenvalue weighted by Gasteiger charge is -2.25. The van der Waals surface area contributed by atoms with Gasteiger partial charge in [0.2, 0.25) is 0 Å². The molecule has 35 heavy (non-hydrogen) atoms. The second-order valence-corrected chi connectivity index (χ2v) is 9.56. The average molecular weight is 475 g/mol. The molecular weight excluding hydrogens is 440 g/mol. The summed E-state index contributed by atoms with van der Waals surface area (Å²) < 4.78 is 7.07. The first kappa shape index (κ1) is 25.9. The number of aromatic nitrogens is 1. The van der Waals surface area contributed by atoms with Crippen molar-refractivity contribution >= 4 is 11.9 Å². The number of hydrogen-bond donors (Lipinski definition) is 1. The molecule has 3 rings (SSSR count). The molecule has 184 valence electrons. The van der Waals surface area contributed by atoms with E-state index in [1.165, 1.54) is 6.07 Å². The van der Waals surface area contributed by atoms with Crippen LogP contribution in [0.4, 0.5) is 0 Å². The van der Waals surface area contributed by atoms with Gasteiger partial charge in [0.05, 0.1) is 6.04 Å². The van der Waals surface area contributed by atoms with Crippen LogP contribution in [0.25, 0.3) is 0 Å². The summed E-state index contributed by atoms with van der Waals surface area (Å²) in [6, 6.07) is 21.3. The zero-order valence-electron chi connectivity index (χ0n) is 20.9. The third-order valence-electron chi connectivity index (χ3n) is 5.57. The number of nitrogens with one attached hydrogen (secondary N) is 1. The summed E-state index contributed by atoms with van der Waals surface area (Å²) in [5.41, 5.74) is 0.723. The Bertz CT molecular complexity index is 1140. The number of nitrogens with zero attached hydrogens (tertiary/aromatic N) is 1. The summed E-state index contributed by atoms with van der Waals surface area (Å²) >= 11 is 0. The Morgan fingerprint density at radius 1 is 0.914 bits per heavy atom. The second kappa shape index (κ2) is 11.6. The average Bonchev–Trinajstić information content (AvgIpc) is 2.83. The fraction of sp³-hybridized carbons (Fsp3) is 0.345. The number of unbranched alkanes of at least 4 members (excludes halogenated alkanes) is 1. The maximum absolute atomic E-state index is 13.6. The molecule has 0 saturated heterocycles. The Labute approximate surface area is 207 Å². The number of ether oxygens (including phenoxy) is 1. The summed E-state index contributed by atoms with van der Waals surface area (Å²) in [7, 11) is 0. The van der Waals surface area contributed by atoms with Crippen molar-refractivity contribution in [3.05, 3.63) is 106 Å². The van der Waals surface area contributed by atoms with Gasteiger partial charge in [0.1, 0.15) is 17.2 Å². The molecule has 0 spiro atoms. The molecule has 1 N–H and O–H groups in total. The van der Waals surface area contributed by atoms with E-state index in [2.05, 4.69) is 5.32 Å². The van der Waals surface area contributed by atoms with E-state index in [0.717, 1.165) is 24.0 Å². The highest BCUT2D eigenvalue weighted by Gasteiger charge is 2.28. The minimum atomic E-state index is -0.825. The topological polar surface area (TPSA) is 77.4 Å². The standard InChI is InChI=1S/C29H34N2O4/c1-5-6-19-24(28(34)35-29(2,3)4)30-26(32)23-18-13-20-31(27(23)33)25(21-14-9-7-10-15-21)22-16-11-8-12-17-22/h7-18,20,24-25H,5-6,19H2,1-4H3,(H,30,32)/t24-/m0/s1. The van der Waals surface area contributed by atoms with Gasteiger partial charge in [0, 0.05) is 6.20 Å². The number of esters is 1. The van der Waals surface area contributed by atoms with Crippen molar-refractivity contribution in [1.29, 1.82) is 0 Å². The van der Waals surface area contributed by atoms with E-state index in [1.807, 2.05) is 67.6 Å². The van der Waals surface area contributed by atoms with Gasteiger partial charge in [0.15, 0.2) is 0 Å². The highest BCUT2D eigenvalue weighted by molar-refractivity contribution is 5.96. The summed E-state index contributed by atoms with van der Waals surface area (Å²) in [6.07, 6.45) is 3.73. The second-order valence-electron chi connectivity index (χ2n) is 9.56. The van der Waals surface area contributed by atoms with Crippen molar-refractivity contribution in [3.63, 3.8) is 0 Å². The summed E-state index contributed by atoms with van der Waals surface area (Å²) in [6.45, 7) is 7.36. The first-order valence-electron chi connectivity index (χ1n) is 12.1. The predicted octanol–water partition coefficient (Wildman–Crippen LogP) is 5.12.